The molecule has 0 aliphatic carbocycles. The highest BCUT2D eigenvalue weighted by Crippen LogP contribution is 2.24. The predicted octanol–water partition coefficient (Wildman–Crippen LogP) is 3.66. The molecule has 1 aromatic rings. The number of thiophene rings is 1. The van der Waals surface area contributed by atoms with Crippen molar-refractivity contribution in [3.8, 4) is 0 Å². The summed E-state index contributed by atoms with van der Waals surface area (Å²) >= 11 is 1.93. The van der Waals surface area contributed by atoms with E-state index in [0.717, 1.165) is 13.0 Å². The van der Waals surface area contributed by atoms with E-state index in [2.05, 4.69) is 42.4 Å². The van der Waals surface area contributed by atoms with E-state index in [-0.39, 0.29) is 0 Å². The highest BCUT2D eigenvalue weighted by atomic mass is 32.1. The topological polar surface area (TPSA) is 15.3 Å². The Hall–Kier alpha value is -0.380. The van der Waals surface area contributed by atoms with Crippen LogP contribution in [0.15, 0.2) is 11.4 Å². The van der Waals surface area contributed by atoms with E-state index in [4.69, 9.17) is 0 Å². The van der Waals surface area contributed by atoms with Crippen molar-refractivity contribution in [3.05, 3.63) is 21.9 Å². The van der Waals surface area contributed by atoms with Gasteiger partial charge in [-0.25, -0.2) is 0 Å². The first-order valence-corrected chi connectivity index (χ1v) is 8.63. The van der Waals surface area contributed by atoms with Crippen molar-refractivity contribution in [1.82, 2.24) is 10.2 Å². The number of hydrogen-bond donors (Lipinski definition) is 1. The summed E-state index contributed by atoms with van der Waals surface area (Å²) in [5, 5.41) is 6.04. The van der Waals surface area contributed by atoms with Crippen molar-refractivity contribution in [2.24, 2.45) is 0 Å². The van der Waals surface area contributed by atoms with Gasteiger partial charge in [-0.05, 0) is 55.8 Å². The van der Waals surface area contributed by atoms with Crippen LogP contribution in [0, 0.1) is 0 Å². The standard InChI is InChI=1S/C16H28N2S/c1-4-14-8-11-19-15(14)12-18-10-7-9-17-16(5-2,6-3)13-18/h8,11,17H,4-7,9-10,12-13H2,1-3H3. The Balaban J connectivity index is 2.06. The van der Waals surface area contributed by atoms with Gasteiger partial charge in [-0.15, -0.1) is 11.3 Å². The Morgan fingerprint density at radius 2 is 2.11 bits per heavy atom. The maximum atomic E-state index is 3.79. The summed E-state index contributed by atoms with van der Waals surface area (Å²) in [6, 6.07) is 2.29. The van der Waals surface area contributed by atoms with Gasteiger partial charge in [-0.3, -0.25) is 4.90 Å². The molecule has 108 valence electrons. The quantitative estimate of drug-likeness (QED) is 0.885. The van der Waals surface area contributed by atoms with Crippen molar-refractivity contribution < 1.29 is 0 Å². The SMILES string of the molecule is CCc1ccsc1CN1CCCNC(CC)(CC)C1. The first-order valence-electron chi connectivity index (χ1n) is 7.75. The molecule has 0 unspecified atom stereocenters. The summed E-state index contributed by atoms with van der Waals surface area (Å²) in [5.74, 6) is 0. The molecule has 0 aromatic carbocycles. The van der Waals surface area contributed by atoms with Gasteiger partial charge in [0, 0.05) is 23.5 Å². The molecule has 3 heteroatoms. The Morgan fingerprint density at radius 3 is 2.79 bits per heavy atom. The molecule has 2 nitrogen and oxygen atoms in total. The van der Waals surface area contributed by atoms with Crippen LogP contribution in [0.25, 0.3) is 0 Å². The molecular formula is C16H28N2S. The highest BCUT2D eigenvalue weighted by molar-refractivity contribution is 7.10. The molecular weight excluding hydrogens is 252 g/mol. The molecule has 0 radical (unpaired) electrons. The van der Waals surface area contributed by atoms with Crippen molar-refractivity contribution in [2.45, 2.75) is 58.5 Å². The fourth-order valence-corrected chi connectivity index (χ4v) is 4.12. The molecule has 1 aliphatic heterocycles. The van der Waals surface area contributed by atoms with Gasteiger partial charge in [0.05, 0.1) is 0 Å². The largest absolute Gasteiger partial charge is 0.310 e. The van der Waals surface area contributed by atoms with Gasteiger partial charge in [-0.2, -0.15) is 0 Å². The summed E-state index contributed by atoms with van der Waals surface area (Å²) in [6.07, 6.45) is 4.89. The van der Waals surface area contributed by atoms with E-state index < -0.39 is 0 Å². The van der Waals surface area contributed by atoms with Crippen LogP contribution < -0.4 is 5.32 Å². The minimum absolute atomic E-state index is 0.333. The van der Waals surface area contributed by atoms with Crippen LogP contribution in [0.1, 0.15) is 50.5 Å². The average Bonchev–Trinajstić information content (AvgIpc) is 2.78. The van der Waals surface area contributed by atoms with Gasteiger partial charge in [0.2, 0.25) is 0 Å². The van der Waals surface area contributed by atoms with Crippen molar-refractivity contribution in [1.29, 1.82) is 0 Å². The first-order chi connectivity index (χ1) is 9.23. The van der Waals surface area contributed by atoms with Crippen molar-refractivity contribution in [3.63, 3.8) is 0 Å². The Labute approximate surface area is 122 Å². The van der Waals surface area contributed by atoms with E-state index in [9.17, 15) is 0 Å². The predicted molar refractivity (Wildman–Crippen MR) is 84.9 cm³/mol. The molecule has 1 saturated heterocycles. The van der Waals surface area contributed by atoms with Gasteiger partial charge < -0.3 is 5.32 Å². The van der Waals surface area contributed by atoms with Crippen LogP contribution >= 0.6 is 11.3 Å². The van der Waals surface area contributed by atoms with Crippen LogP contribution in [0.4, 0.5) is 0 Å². The number of nitrogens with zero attached hydrogens (tertiary/aromatic N) is 1. The van der Waals surface area contributed by atoms with Crippen LogP contribution in [0.5, 0.6) is 0 Å². The third kappa shape index (κ3) is 3.59. The summed E-state index contributed by atoms with van der Waals surface area (Å²) in [6.45, 7) is 11.6. The molecule has 1 aromatic heterocycles. The number of aryl methyl sites for hydroxylation is 1. The lowest BCUT2D eigenvalue weighted by Gasteiger charge is -2.35. The number of hydrogen-bond acceptors (Lipinski definition) is 3. The minimum Gasteiger partial charge on any atom is -0.310 e. The molecule has 1 fully saturated rings. The van der Waals surface area contributed by atoms with Gasteiger partial charge in [0.1, 0.15) is 0 Å². The molecule has 0 amide bonds. The van der Waals surface area contributed by atoms with Gasteiger partial charge in [-0.1, -0.05) is 20.8 Å². The zero-order chi connectivity index (χ0) is 13.7. The van der Waals surface area contributed by atoms with E-state index in [1.165, 1.54) is 38.9 Å². The average molecular weight is 280 g/mol. The molecule has 0 saturated carbocycles. The molecule has 2 heterocycles. The fraction of sp³-hybridized carbons (Fsp3) is 0.750. The monoisotopic (exact) mass is 280 g/mol. The lowest BCUT2D eigenvalue weighted by atomic mass is 9.92. The normalized spacial score (nSPS) is 20.4. The smallest absolute Gasteiger partial charge is 0.0331 e. The van der Waals surface area contributed by atoms with E-state index >= 15 is 0 Å². The second-order valence-corrected chi connectivity index (χ2v) is 6.70. The Bertz CT molecular complexity index is 382. The Morgan fingerprint density at radius 1 is 1.32 bits per heavy atom. The maximum absolute atomic E-state index is 3.79. The summed E-state index contributed by atoms with van der Waals surface area (Å²) in [5.41, 5.74) is 1.88. The van der Waals surface area contributed by atoms with Crippen molar-refractivity contribution in [2.75, 3.05) is 19.6 Å². The number of rotatable bonds is 5. The zero-order valence-corrected chi connectivity index (χ0v) is 13.5. The summed E-state index contributed by atoms with van der Waals surface area (Å²) < 4.78 is 0. The third-order valence-electron chi connectivity index (χ3n) is 4.62. The minimum atomic E-state index is 0.333. The maximum Gasteiger partial charge on any atom is 0.0331 e. The first kappa shape index (κ1) is 15.0. The van der Waals surface area contributed by atoms with Crippen LogP contribution in [-0.2, 0) is 13.0 Å². The lowest BCUT2D eigenvalue weighted by Crippen LogP contribution is -2.50. The molecule has 0 spiro atoms. The van der Waals surface area contributed by atoms with Gasteiger partial charge in [0.15, 0.2) is 0 Å². The molecule has 0 bridgehead atoms. The van der Waals surface area contributed by atoms with Crippen molar-refractivity contribution >= 4 is 11.3 Å². The van der Waals surface area contributed by atoms with E-state index in [0.29, 0.717) is 5.54 Å². The van der Waals surface area contributed by atoms with Crippen LogP contribution in [0.2, 0.25) is 0 Å². The molecule has 2 rings (SSSR count). The second-order valence-electron chi connectivity index (χ2n) is 5.70. The molecule has 0 atom stereocenters. The highest BCUT2D eigenvalue weighted by Gasteiger charge is 2.30. The fourth-order valence-electron chi connectivity index (χ4n) is 3.10. The van der Waals surface area contributed by atoms with Gasteiger partial charge in [0.25, 0.3) is 0 Å². The van der Waals surface area contributed by atoms with Crippen LogP contribution in [-0.4, -0.2) is 30.1 Å². The summed E-state index contributed by atoms with van der Waals surface area (Å²) in [7, 11) is 0. The second kappa shape index (κ2) is 6.87. The Kier molecular flexibility index (Phi) is 5.43. The summed E-state index contributed by atoms with van der Waals surface area (Å²) in [4.78, 5) is 4.24. The molecule has 1 N–H and O–H groups in total. The van der Waals surface area contributed by atoms with E-state index in [1.54, 1.807) is 10.4 Å². The van der Waals surface area contributed by atoms with E-state index in [1.807, 2.05) is 11.3 Å². The third-order valence-corrected chi connectivity index (χ3v) is 5.56. The van der Waals surface area contributed by atoms with Gasteiger partial charge >= 0.3 is 0 Å². The molecule has 1 aliphatic rings. The van der Waals surface area contributed by atoms with Crippen LogP contribution in [0.3, 0.4) is 0 Å². The lowest BCUT2D eigenvalue weighted by molar-refractivity contribution is 0.192. The number of nitrogens with one attached hydrogen (secondary N) is 1. The zero-order valence-electron chi connectivity index (χ0n) is 12.7. The molecule has 19 heavy (non-hydrogen) atoms.